The molecule has 0 amide bonds. The Morgan fingerprint density at radius 2 is 2.29 bits per heavy atom. The highest BCUT2D eigenvalue weighted by Gasteiger charge is 2.51. The first-order valence-electron chi connectivity index (χ1n) is 5.44. The molecule has 78 valence electrons. The summed E-state index contributed by atoms with van der Waals surface area (Å²) in [5, 5.41) is 3.25. The van der Waals surface area contributed by atoms with E-state index in [4.69, 9.17) is 4.74 Å². The lowest BCUT2D eigenvalue weighted by Crippen LogP contribution is -2.60. The Balaban J connectivity index is 1.84. The molecule has 0 aromatic rings. The Morgan fingerprint density at radius 1 is 1.50 bits per heavy atom. The fourth-order valence-electron chi connectivity index (χ4n) is 3.06. The van der Waals surface area contributed by atoms with Gasteiger partial charge in [-0.15, -0.1) is 0 Å². The number of fused-ring (bicyclic) bond motifs is 2. The summed E-state index contributed by atoms with van der Waals surface area (Å²) < 4.78 is 5.97. The van der Waals surface area contributed by atoms with Crippen LogP contribution in [0.4, 0.5) is 0 Å². The summed E-state index contributed by atoms with van der Waals surface area (Å²) >= 11 is 0. The van der Waals surface area contributed by atoms with Gasteiger partial charge < -0.3 is 10.1 Å². The van der Waals surface area contributed by atoms with E-state index < -0.39 is 0 Å². The highest BCUT2D eigenvalue weighted by atomic mass is 16.5. The first-order valence-corrected chi connectivity index (χ1v) is 5.44. The molecule has 0 aliphatic carbocycles. The summed E-state index contributed by atoms with van der Waals surface area (Å²) in [6.45, 7) is 4.55. The second-order valence-electron chi connectivity index (χ2n) is 4.60. The number of rotatable bonds is 0. The molecule has 0 aromatic carbocycles. The molecule has 4 heteroatoms. The van der Waals surface area contributed by atoms with E-state index in [-0.39, 0.29) is 5.60 Å². The monoisotopic (exact) mass is 195 g/mol. The van der Waals surface area contributed by atoms with Gasteiger partial charge in [0, 0.05) is 19.5 Å². The predicted molar refractivity (Wildman–Crippen MR) is 54.3 cm³/mol. The number of hydrogen-bond acceptors (Lipinski definition) is 3. The van der Waals surface area contributed by atoms with Crippen molar-refractivity contribution < 1.29 is 4.74 Å². The predicted octanol–water partition coefficient (Wildman–Crippen LogP) is 0.0564. The smallest absolute Gasteiger partial charge is 0.285 e. The average molecular weight is 195 g/mol. The van der Waals surface area contributed by atoms with Crippen molar-refractivity contribution in [2.24, 2.45) is 10.9 Å². The van der Waals surface area contributed by atoms with Crippen molar-refractivity contribution in [2.75, 3.05) is 33.2 Å². The summed E-state index contributed by atoms with van der Waals surface area (Å²) in [6.07, 6.45) is 2.58. The molecular weight excluding hydrogens is 178 g/mol. The van der Waals surface area contributed by atoms with E-state index in [2.05, 4.69) is 15.2 Å². The van der Waals surface area contributed by atoms with Crippen molar-refractivity contribution in [1.29, 1.82) is 0 Å². The third-order valence-electron chi connectivity index (χ3n) is 3.86. The molecule has 4 nitrogen and oxygen atoms in total. The van der Waals surface area contributed by atoms with E-state index >= 15 is 0 Å². The molecule has 1 unspecified atom stereocenters. The van der Waals surface area contributed by atoms with Gasteiger partial charge in [-0.2, -0.15) is 0 Å². The SMILES string of the molecule is CN=C1NCC2(CN3CCC2CC3)O1. The quantitative estimate of drug-likeness (QED) is 0.593. The van der Waals surface area contributed by atoms with Crippen LogP contribution in [-0.4, -0.2) is 49.7 Å². The van der Waals surface area contributed by atoms with Crippen LogP contribution in [0.3, 0.4) is 0 Å². The highest BCUT2D eigenvalue weighted by Crippen LogP contribution is 2.39. The minimum atomic E-state index is 0.0470. The lowest BCUT2D eigenvalue weighted by molar-refractivity contribution is -0.0801. The standard InChI is InChI=1S/C10H17N3O/c1-11-9-12-6-10(14-9)7-13-4-2-8(10)3-5-13/h8H,2-7H2,1H3,(H,11,12). The Hall–Kier alpha value is -0.770. The van der Waals surface area contributed by atoms with E-state index in [1.165, 1.54) is 25.9 Å². The van der Waals surface area contributed by atoms with Gasteiger partial charge in [-0.3, -0.25) is 4.90 Å². The Bertz CT molecular complexity index is 271. The van der Waals surface area contributed by atoms with Gasteiger partial charge in [0.25, 0.3) is 6.02 Å². The van der Waals surface area contributed by atoms with Gasteiger partial charge in [-0.1, -0.05) is 0 Å². The number of amidine groups is 1. The molecule has 1 N–H and O–H groups in total. The summed E-state index contributed by atoms with van der Waals surface area (Å²) in [5.74, 6) is 0.735. The van der Waals surface area contributed by atoms with Crippen LogP contribution in [0.25, 0.3) is 0 Å². The molecule has 4 rings (SSSR count). The van der Waals surface area contributed by atoms with Crippen LogP contribution in [0.15, 0.2) is 4.99 Å². The molecule has 0 radical (unpaired) electrons. The van der Waals surface area contributed by atoms with Gasteiger partial charge in [0.05, 0.1) is 6.54 Å². The van der Waals surface area contributed by atoms with Crippen molar-refractivity contribution >= 4 is 6.02 Å². The maximum absolute atomic E-state index is 5.97. The summed E-state index contributed by atoms with van der Waals surface area (Å²) in [7, 11) is 1.78. The molecule has 4 fully saturated rings. The minimum absolute atomic E-state index is 0.0470. The molecule has 14 heavy (non-hydrogen) atoms. The Morgan fingerprint density at radius 3 is 2.79 bits per heavy atom. The molecule has 4 aliphatic rings. The second kappa shape index (κ2) is 2.86. The number of ether oxygens (including phenoxy) is 1. The molecule has 0 aromatic heterocycles. The van der Waals surface area contributed by atoms with Crippen molar-refractivity contribution in [3.8, 4) is 0 Å². The average Bonchev–Trinajstić information content (AvgIpc) is 2.63. The maximum atomic E-state index is 5.97. The largest absolute Gasteiger partial charge is 0.455 e. The zero-order valence-electron chi connectivity index (χ0n) is 8.62. The first-order chi connectivity index (χ1) is 6.82. The molecule has 1 spiro atoms. The molecule has 2 bridgehead atoms. The van der Waals surface area contributed by atoms with Crippen LogP contribution in [0.1, 0.15) is 12.8 Å². The van der Waals surface area contributed by atoms with Gasteiger partial charge >= 0.3 is 0 Å². The Labute approximate surface area is 84.3 Å². The molecule has 4 saturated heterocycles. The van der Waals surface area contributed by atoms with Gasteiger partial charge in [0.15, 0.2) is 0 Å². The molecule has 4 heterocycles. The van der Waals surface area contributed by atoms with Crippen LogP contribution in [0.5, 0.6) is 0 Å². The topological polar surface area (TPSA) is 36.9 Å². The lowest BCUT2D eigenvalue weighted by atomic mass is 9.75. The zero-order chi connectivity index (χ0) is 9.60. The normalized spacial score (nSPS) is 48.2. The molecular formula is C10H17N3O. The van der Waals surface area contributed by atoms with E-state index in [9.17, 15) is 0 Å². The van der Waals surface area contributed by atoms with Gasteiger partial charge in [0.2, 0.25) is 0 Å². The van der Waals surface area contributed by atoms with Crippen molar-refractivity contribution in [1.82, 2.24) is 10.2 Å². The fourth-order valence-corrected chi connectivity index (χ4v) is 3.06. The van der Waals surface area contributed by atoms with Crippen molar-refractivity contribution in [3.05, 3.63) is 0 Å². The summed E-state index contributed by atoms with van der Waals surface area (Å²) in [4.78, 5) is 6.60. The van der Waals surface area contributed by atoms with E-state index in [0.717, 1.165) is 25.0 Å². The van der Waals surface area contributed by atoms with Gasteiger partial charge in [0.1, 0.15) is 5.60 Å². The fraction of sp³-hybridized carbons (Fsp3) is 0.900. The third-order valence-corrected chi connectivity index (χ3v) is 3.86. The van der Waals surface area contributed by atoms with Gasteiger partial charge in [-0.05, 0) is 25.9 Å². The van der Waals surface area contributed by atoms with Crippen LogP contribution in [0, 0.1) is 5.92 Å². The van der Waals surface area contributed by atoms with Crippen LogP contribution >= 0.6 is 0 Å². The van der Waals surface area contributed by atoms with Crippen LogP contribution in [-0.2, 0) is 4.74 Å². The zero-order valence-corrected chi connectivity index (χ0v) is 8.62. The van der Waals surface area contributed by atoms with Crippen molar-refractivity contribution in [2.45, 2.75) is 18.4 Å². The molecule has 4 aliphatic heterocycles. The van der Waals surface area contributed by atoms with E-state index in [1.807, 2.05) is 0 Å². The number of hydrogen-bond donors (Lipinski definition) is 1. The maximum Gasteiger partial charge on any atom is 0.285 e. The molecule has 1 atom stereocenters. The lowest BCUT2D eigenvalue weighted by Gasteiger charge is -2.49. The minimum Gasteiger partial charge on any atom is -0.455 e. The number of aliphatic imine (C=N–C) groups is 1. The van der Waals surface area contributed by atoms with Crippen LogP contribution in [0.2, 0.25) is 0 Å². The van der Waals surface area contributed by atoms with Gasteiger partial charge in [-0.25, -0.2) is 4.99 Å². The van der Waals surface area contributed by atoms with Crippen LogP contribution < -0.4 is 5.32 Å². The molecule has 0 saturated carbocycles. The second-order valence-corrected chi connectivity index (χ2v) is 4.60. The summed E-state index contributed by atoms with van der Waals surface area (Å²) in [5.41, 5.74) is 0.0470. The Kier molecular flexibility index (Phi) is 1.74. The summed E-state index contributed by atoms with van der Waals surface area (Å²) in [6, 6.07) is 0.735. The number of nitrogens with one attached hydrogen (secondary N) is 1. The van der Waals surface area contributed by atoms with E-state index in [1.54, 1.807) is 7.05 Å². The number of nitrogens with zero attached hydrogens (tertiary/aromatic N) is 2. The highest BCUT2D eigenvalue weighted by molar-refractivity contribution is 5.76. The number of piperidine rings is 3. The van der Waals surface area contributed by atoms with Crippen molar-refractivity contribution in [3.63, 3.8) is 0 Å². The first kappa shape index (κ1) is 8.53. The van der Waals surface area contributed by atoms with E-state index in [0.29, 0.717) is 0 Å². The third kappa shape index (κ3) is 1.06.